The number of likely N-dealkylation sites (tertiary alicyclic amines) is 2. The van der Waals surface area contributed by atoms with Gasteiger partial charge in [0.25, 0.3) is 0 Å². The summed E-state index contributed by atoms with van der Waals surface area (Å²) in [6.45, 7) is 4.67. The molecule has 2 fully saturated rings. The van der Waals surface area contributed by atoms with E-state index in [1.54, 1.807) is 13.2 Å². The van der Waals surface area contributed by atoms with E-state index in [-0.39, 0.29) is 5.78 Å². The zero-order valence-corrected chi connectivity index (χ0v) is 14.6. The number of rotatable bonds is 6. The summed E-state index contributed by atoms with van der Waals surface area (Å²) in [6.07, 6.45) is 10.2. The van der Waals surface area contributed by atoms with Crippen molar-refractivity contribution in [3.8, 4) is 5.75 Å². The van der Waals surface area contributed by atoms with Gasteiger partial charge in [0.05, 0.1) is 7.11 Å². The highest BCUT2D eigenvalue weighted by molar-refractivity contribution is 6.04. The molecule has 0 radical (unpaired) electrons. The number of benzene rings is 1. The van der Waals surface area contributed by atoms with Gasteiger partial charge in [0.2, 0.25) is 0 Å². The van der Waals surface area contributed by atoms with Crippen LogP contribution in [0.1, 0.15) is 42.5 Å². The quantitative estimate of drug-likeness (QED) is 0.592. The van der Waals surface area contributed by atoms with Crippen molar-refractivity contribution in [2.75, 3.05) is 33.3 Å². The molecule has 1 atom stereocenters. The molecule has 2 heterocycles. The van der Waals surface area contributed by atoms with E-state index in [0.717, 1.165) is 18.8 Å². The maximum absolute atomic E-state index is 12.3. The van der Waals surface area contributed by atoms with Gasteiger partial charge in [0, 0.05) is 37.0 Å². The largest absolute Gasteiger partial charge is 0.497 e. The zero-order valence-electron chi connectivity index (χ0n) is 14.6. The van der Waals surface area contributed by atoms with Gasteiger partial charge in [0.15, 0.2) is 5.78 Å². The number of nitrogens with zero attached hydrogens (tertiary/aromatic N) is 2. The zero-order chi connectivity index (χ0) is 16.8. The number of carbonyl (C=O) groups excluding carboxylic acids is 1. The third-order valence-electron chi connectivity index (χ3n) is 5.13. The number of methoxy groups -OCH3 is 1. The summed E-state index contributed by atoms with van der Waals surface area (Å²) >= 11 is 0. The second-order valence-electron chi connectivity index (χ2n) is 6.80. The Bertz CT molecular complexity index is 562. The average Bonchev–Trinajstić information content (AvgIpc) is 3.07. The molecule has 3 rings (SSSR count). The van der Waals surface area contributed by atoms with Gasteiger partial charge in [-0.05, 0) is 63.0 Å². The Morgan fingerprint density at radius 2 is 1.88 bits per heavy atom. The first-order valence-electron chi connectivity index (χ1n) is 9.11. The first kappa shape index (κ1) is 17.0. The number of ether oxygens (including phenoxy) is 1. The van der Waals surface area contributed by atoms with Crippen molar-refractivity contribution in [3.63, 3.8) is 0 Å². The summed E-state index contributed by atoms with van der Waals surface area (Å²) in [5, 5.41) is 0. The topological polar surface area (TPSA) is 32.8 Å². The molecule has 24 heavy (non-hydrogen) atoms. The summed E-state index contributed by atoms with van der Waals surface area (Å²) in [4.78, 5) is 17.3. The number of carbonyl (C=O) groups is 1. The van der Waals surface area contributed by atoms with Crippen LogP contribution in [0.2, 0.25) is 0 Å². The Morgan fingerprint density at radius 3 is 2.58 bits per heavy atom. The third-order valence-corrected chi connectivity index (χ3v) is 5.13. The van der Waals surface area contributed by atoms with Gasteiger partial charge < -0.3 is 14.5 Å². The van der Waals surface area contributed by atoms with Crippen LogP contribution in [0.5, 0.6) is 5.75 Å². The molecule has 0 amide bonds. The molecule has 2 saturated heterocycles. The number of hydrogen-bond donors (Lipinski definition) is 0. The van der Waals surface area contributed by atoms with E-state index < -0.39 is 0 Å². The lowest BCUT2D eigenvalue weighted by Gasteiger charge is -2.32. The van der Waals surface area contributed by atoms with Crippen molar-refractivity contribution in [2.24, 2.45) is 0 Å². The molecule has 4 heteroatoms. The third kappa shape index (κ3) is 4.38. The molecule has 2 aliphatic heterocycles. The van der Waals surface area contributed by atoms with Gasteiger partial charge in [-0.15, -0.1) is 0 Å². The molecule has 0 N–H and O–H groups in total. The Balaban J connectivity index is 1.56. The van der Waals surface area contributed by atoms with Gasteiger partial charge in [-0.3, -0.25) is 4.79 Å². The first-order chi connectivity index (χ1) is 11.8. The van der Waals surface area contributed by atoms with Crippen LogP contribution < -0.4 is 4.74 Å². The maximum Gasteiger partial charge on any atom is 0.187 e. The smallest absolute Gasteiger partial charge is 0.187 e. The second-order valence-corrected chi connectivity index (χ2v) is 6.80. The van der Waals surface area contributed by atoms with E-state index in [0.29, 0.717) is 11.6 Å². The minimum atomic E-state index is 0.0567. The lowest BCUT2D eigenvalue weighted by molar-refractivity contribution is 0.104. The molecule has 0 spiro atoms. The van der Waals surface area contributed by atoms with Gasteiger partial charge in [-0.25, -0.2) is 0 Å². The fourth-order valence-electron chi connectivity index (χ4n) is 3.71. The molecule has 0 unspecified atom stereocenters. The van der Waals surface area contributed by atoms with Crippen molar-refractivity contribution >= 4 is 5.78 Å². The van der Waals surface area contributed by atoms with Crippen LogP contribution in [-0.4, -0.2) is 54.9 Å². The Hall–Kier alpha value is -1.81. The highest BCUT2D eigenvalue weighted by Gasteiger charge is 2.24. The molecule has 2 aliphatic rings. The predicted molar refractivity (Wildman–Crippen MR) is 96.5 cm³/mol. The summed E-state index contributed by atoms with van der Waals surface area (Å²) in [5.74, 6) is 0.831. The van der Waals surface area contributed by atoms with E-state index in [1.807, 2.05) is 30.5 Å². The summed E-state index contributed by atoms with van der Waals surface area (Å²) < 4.78 is 5.13. The van der Waals surface area contributed by atoms with Crippen molar-refractivity contribution in [1.82, 2.24) is 9.80 Å². The van der Waals surface area contributed by atoms with Crippen molar-refractivity contribution in [2.45, 2.75) is 38.1 Å². The molecule has 1 aromatic carbocycles. The van der Waals surface area contributed by atoms with Gasteiger partial charge >= 0.3 is 0 Å². The lowest BCUT2D eigenvalue weighted by Crippen LogP contribution is -2.40. The highest BCUT2D eigenvalue weighted by atomic mass is 16.5. The molecule has 0 aromatic heterocycles. The maximum atomic E-state index is 12.3. The average molecular weight is 328 g/mol. The van der Waals surface area contributed by atoms with Crippen molar-refractivity contribution in [3.05, 3.63) is 42.1 Å². The molecule has 4 nitrogen and oxygen atoms in total. The second kappa shape index (κ2) is 8.34. The predicted octanol–water partition coefficient (Wildman–Crippen LogP) is 3.34. The van der Waals surface area contributed by atoms with Gasteiger partial charge in [-0.1, -0.05) is 6.42 Å². The fraction of sp³-hybridized carbons (Fsp3) is 0.550. The lowest BCUT2D eigenvalue weighted by atomic mass is 10.1. The molecule has 0 saturated carbocycles. The van der Waals surface area contributed by atoms with E-state index in [4.69, 9.17) is 4.74 Å². The molecular weight excluding hydrogens is 300 g/mol. The minimum Gasteiger partial charge on any atom is -0.497 e. The number of allylic oxidation sites excluding steroid dienone is 1. The van der Waals surface area contributed by atoms with Gasteiger partial charge in [-0.2, -0.15) is 0 Å². The monoisotopic (exact) mass is 328 g/mol. The van der Waals surface area contributed by atoms with Crippen molar-refractivity contribution in [1.29, 1.82) is 0 Å². The Kier molecular flexibility index (Phi) is 5.91. The van der Waals surface area contributed by atoms with Crippen LogP contribution in [0.3, 0.4) is 0 Å². The van der Waals surface area contributed by atoms with E-state index >= 15 is 0 Å². The van der Waals surface area contributed by atoms with E-state index in [2.05, 4.69) is 9.80 Å². The van der Waals surface area contributed by atoms with E-state index in [9.17, 15) is 4.79 Å². The molecule has 130 valence electrons. The normalized spacial score (nSPS) is 22.2. The number of ketones is 1. The van der Waals surface area contributed by atoms with Crippen LogP contribution in [0.4, 0.5) is 0 Å². The minimum absolute atomic E-state index is 0.0567. The SMILES string of the molecule is COc1ccc(C(=O)/C=C/N2CCC[C@H]2CN2CCCCC2)cc1. The van der Waals surface area contributed by atoms with Crippen LogP contribution in [0.15, 0.2) is 36.5 Å². The van der Waals surface area contributed by atoms with Crippen LogP contribution >= 0.6 is 0 Å². The Labute approximate surface area is 145 Å². The van der Waals surface area contributed by atoms with Crippen LogP contribution in [0.25, 0.3) is 0 Å². The van der Waals surface area contributed by atoms with Crippen LogP contribution in [0, 0.1) is 0 Å². The number of piperidine rings is 1. The Morgan fingerprint density at radius 1 is 1.12 bits per heavy atom. The molecule has 1 aromatic rings. The molecular formula is C20H28N2O2. The van der Waals surface area contributed by atoms with Crippen LogP contribution in [-0.2, 0) is 0 Å². The standard InChI is InChI=1S/C20H28N2O2/c1-24-19-9-7-17(8-10-19)20(23)11-15-22-14-5-6-18(22)16-21-12-3-2-4-13-21/h7-11,15,18H,2-6,12-14,16H2,1H3/b15-11+/t18-/m0/s1. The van der Waals surface area contributed by atoms with Crippen molar-refractivity contribution < 1.29 is 9.53 Å². The summed E-state index contributed by atoms with van der Waals surface area (Å²) in [5.41, 5.74) is 0.707. The highest BCUT2D eigenvalue weighted by Crippen LogP contribution is 2.21. The summed E-state index contributed by atoms with van der Waals surface area (Å²) in [7, 11) is 1.63. The van der Waals surface area contributed by atoms with E-state index in [1.165, 1.54) is 45.2 Å². The molecule has 0 bridgehead atoms. The molecule has 0 aliphatic carbocycles. The number of hydrogen-bond acceptors (Lipinski definition) is 4. The first-order valence-corrected chi connectivity index (χ1v) is 9.11. The summed E-state index contributed by atoms with van der Waals surface area (Å²) in [6, 6.07) is 7.86. The van der Waals surface area contributed by atoms with Gasteiger partial charge in [0.1, 0.15) is 5.75 Å². The fourth-order valence-corrected chi connectivity index (χ4v) is 3.71.